The highest BCUT2D eigenvalue weighted by atomic mass is 16.1. The number of Topliss-reactive ketones (excluding diaryl/α,β-unsaturated/α-hetero) is 1. The Balaban J connectivity index is 2.63. The van der Waals surface area contributed by atoms with Crippen molar-refractivity contribution in [2.75, 3.05) is 6.54 Å². The molecule has 0 aromatic heterocycles. The molecule has 0 heterocycles. The van der Waals surface area contributed by atoms with Crippen LogP contribution in [-0.4, -0.2) is 18.4 Å². The minimum atomic E-state index is 0.0686. The number of benzene rings is 1. The van der Waals surface area contributed by atoms with Crippen molar-refractivity contribution in [2.45, 2.75) is 40.2 Å². The van der Waals surface area contributed by atoms with Crippen LogP contribution in [0.15, 0.2) is 24.3 Å². The predicted molar refractivity (Wildman–Crippen MR) is 72.5 cm³/mol. The van der Waals surface area contributed by atoms with Gasteiger partial charge in [-0.3, -0.25) is 4.79 Å². The Labute approximate surface area is 104 Å². The zero-order valence-electron chi connectivity index (χ0n) is 11.3. The quantitative estimate of drug-likeness (QED) is 0.765. The third-order valence-electron chi connectivity index (χ3n) is 2.70. The summed E-state index contributed by atoms with van der Waals surface area (Å²) >= 11 is 0. The first-order valence-electron chi connectivity index (χ1n) is 6.37. The lowest BCUT2D eigenvalue weighted by molar-refractivity contribution is 0.0939. The van der Waals surface area contributed by atoms with E-state index in [4.69, 9.17) is 0 Å². The van der Waals surface area contributed by atoms with Crippen molar-refractivity contribution in [1.29, 1.82) is 0 Å². The smallest absolute Gasteiger partial charge is 0.165 e. The van der Waals surface area contributed by atoms with Gasteiger partial charge in [0.2, 0.25) is 0 Å². The molecule has 0 aliphatic heterocycles. The van der Waals surface area contributed by atoms with Crippen LogP contribution in [0.5, 0.6) is 0 Å². The maximum atomic E-state index is 11.9. The van der Waals surface area contributed by atoms with Crippen LogP contribution in [-0.2, 0) is 6.42 Å². The average Bonchev–Trinajstić information content (AvgIpc) is 2.28. The summed E-state index contributed by atoms with van der Waals surface area (Å²) < 4.78 is 0. The summed E-state index contributed by atoms with van der Waals surface area (Å²) in [4.78, 5) is 11.9. The van der Waals surface area contributed by atoms with Crippen LogP contribution in [0.4, 0.5) is 0 Å². The van der Waals surface area contributed by atoms with Gasteiger partial charge in [-0.15, -0.1) is 0 Å². The van der Waals surface area contributed by atoms with Gasteiger partial charge in [0, 0.05) is 17.5 Å². The molecule has 0 unspecified atom stereocenters. The third kappa shape index (κ3) is 4.70. The highest BCUT2D eigenvalue weighted by Gasteiger charge is 2.10. The van der Waals surface area contributed by atoms with E-state index in [1.54, 1.807) is 0 Å². The number of ketones is 1. The maximum absolute atomic E-state index is 11.9. The van der Waals surface area contributed by atoms with Gasteiger partial charge in [0.1, 0.15) is 0 Å². The van der Waals surface area contributed by atoms with E-state index >= 15 is 0 Å². The summed E-state index contributed by atoms with van der Waals surface area (Å²) in [6.45, 7) is 9.11. The SMILES string of the molecule is CC(C)NCCc1cccc(C(=O)C(C)C)c1. The van der Waals surface area contributed by atoms with E-state index in [2.05, 4.69) is 25.2 Å². The number of carbonyl (C=O) groups excluding carboxylic acids is 1. The minimum absolute atomic E-state index is 0.0686. The van der Waals surface area contributed by atoms with Crippen molar-refractivity contribution in [3.05, 3.63) is 35.4 Å². The van der Waals surface area contributed by atoms with Gasteiger partial charge in [0.05, 0.1) is 0 Å². The van der Waals surface area contributed by atoms with Crippen molar-refractivity contribution < 1.29 is 4.79 Å². The molecule has 1 N–H and O–H groups in total. The molecular formula is C15H23NO. The highest BCUT2D eigenvalue weighted by Crippen LogP contribution is 2.11. The number of nitrogens with one attached hydrogen (secondary N) is 1. The monoisotopic (exact) mass is 233 g/mol. The molecule has 0 fully saturated rings. The summed E-state index contributed by atoms with van der Waals surface area (Å²) in [6, 6.07) is 8.49. The molecule has 1 aromatic carbocycles. The van der Waals surface area contributed by atoms with Crippen LogP contribution in [0.1, 0.15) is 43.6 Å². The number of hydrogen-bond acceptors (Lipinski definition) is 2. The van der Waals surface area contributed by atoms with E-state index in [1.807, 2.05) is 32.0 Å². The van der Waals surface area contributed by atoms with Crippen LogP contribution in [0.25, 0.3) is 0 Å². The maximum Gasteiger partial charge on any atom is 0.165 e. The third-order valence-corrected chi connectivity index (χ3v) is 2.70. The van der Waals surface area contributed by atoms with Gasteiger partial charge in [-0.25, -0.2) is 0 Å². The van der Waals surface area contributed by atoms with E-state index in [0.717, 1.165) is 18.5 Å². The average molecular weight is 233 g/mol. The van der Waals surface area contributed by atoms with E-state index in [9.17, 15) is 4.79 Å². The standard InChI is InChI=1S/C15H23NO/c1-11(2)15(17)14-7-5-6-13(10-14)8-9-16-12(3)4/h5-7,10-12,16H,8-9H2,1-4H3. The summed E-state index contributed by atoms with van der Waals surface area (Å²) in [7, 11) is 0. The molecule has 0 saturated heterocycles. The lowest BCUT2D eigenvalue weighted by Gasteiger charge is -2.09. The van der Waals surface area contributed by atoms with Crippen LogP contribution in [0, 0.1) is 5.92 Å². The van der Waals surface area contributed by atoms with Crippen molar-refractivity contribution in [2.24, 2.45) is 5.92 Å². The Morgan fingerprint density at radius 2 is 1.94 bits per heavy atom. The van der Waals surface area contributed by atoms with Crippen LogP contribution >= 0.6 is 0 Å². The lowest BCUT2D eigenvalue weighted by atomic mass is 9.98. The fraction of sp³-hybridized carbons (Fsp3) is 0.533. The molecule has 0 aliphatic rings. The van der Waals surface area contributed by atoms with E-state index in [1.165, 1.54) is 5.56 Å². The summed E-state index contributed by atoms with van der Waals surface area (Å²) in [5, 5.41) is 3.38. The normalized spacial score (nSPS) is 11.2. The van der Waals surface area contributed by atoms with Crippen molar-refractivity contribution in [3.8, 4) is 0 Å². The van der Waals surface area contributed by atoms with Crippen molar-refractivity contribution in [3.63, 3.8) is 0 Å². The molecule has 1 aromatic rings. The summed E-state index contributed by atoms with van der Waals surface area (Å²) in [5.41, 5.74) is 2.06. The Hall–Kier alpha value is -1.15. The van der Waals surface area contributed by atoms with Crippen molar-refractivity contribution in [1.82, 2.24) is 5.32 Å². The van der Waals surface area contributed by atoms with Gasteiger partial charge < -0.3 is 5.32 Å². The fourth-order valence-electron chi connectivity index (χ4n) is 1.72. The van der Waals surface area contributed by atoms with Crippen LogP contribution in [0.3, 0.4) is 0 Å². The first kappa shape index (κ1) is 13.9. The topological polar surface area (TPSA) is 29.1 Å². The second-order valence-electron chi connectivity index (χ2n) is 5.08. The summed E-state index contributed by atoms with van der Waals surface area (Å²) in [5.74, 6) is 0.294. The zero-order valence-corrected chi connectivity index (χ0v) is 11.3. The minimum Gasteiger partial charge on any atom is -0.314 e. The molecule has 0 amide bonds. The second kappa shape index (κ2) is 6.55. The second-order valence-corrected chi connectivity index (χ2v) is 5.08. The molecule has 0 atom stereocenters. The van der Waals surface area contributed by atoms with Gasteiger partial charge in [0.15, 0.2) is 5.78 Å². The Kier molecular flexibility index (Phi) is 5.36. The molecule has 0 saturated carbocycles. The van der Waals surface area contributed by atoms with Gasteiger partial charge in [0.25, 0.3) is 0 Å². The van der Waals surface area contributed by atoms with E-state index in [0.29, 0.717) is 6.04 Å². The first-order valence-corrected chi connectivity index (χ1v) is 6.37. The molecule has 2 heteroatoms. The Morgan fingerprint density at radius 1 is 1.24 bits per heavy atom. The van der Waals surface area contributed by atoms with E-state index in [-0.39, 0.29) is 11.7 Å². The largest absolute Gasteiger partial charge is 0.314 e. The van der Waals surface area contributed by atoms with Crippen LogP contribution < -0.4 is 5.32 Å². The van der Waals surface area contributed by atoms with Gasteiger partial charge in [-0.05, 0) is 24.6 Å². The molecule has 1 rings (SSSR count). The number of hydrogen-bond donors (Lipinski definition) is 1. The molecule has 94 valence electrons. The number of rotatable bonds is 6. The predicted octanol–water partition coefficient (Wildman–Crippen LogP) is 3.07. The first-order chi connectivity index (χ1) is 8.00. The Bertz CT molecular complexity index is 369. The Morgan fingerprint density at radius 3 is 2.53 bits per heavy atom. The molecule has 0 bridgehead atoms. The van der Waals surface area contributed by atoms with Gasteiger partial charge in [-0.1, -0.05) is 45.9 Å². The van der Waals surface area contributed by atoms with Crippen LogP contribution in [0.2, 0.25) is 0 Å². The number of carbonyl (C=O) groups is 1. The highest BCUT2D eigenvalue weighted by molar-refractivity contribution is 5.97. The van der Waals surface area contributed by atoms with Gasteiger partial charge in [-0.2, -0.15) is 0 Å². The van der Waals surface area contributed by atoms with Gasteiger partial charge >= 0.3 is 0 Å². The van der Waals surface area contributed by atoms with E-state index < -0.39 is 0 Å². The summed E-state index contributed by atoms with van der Waals surface area (Å²) in [6.07, 6.45) is 0.970. The molecule has 0 radical (unpaired) electrons. The molecule has 17 heavy (non-hydrogen) atoms. The molecule has 0 aliphatic carbocycles. The molecular weight excluding hydrogens is 210 g/mol. The zero-order chi connectivity index (χ0) is 12.8. The fourth-order valence-corrected chi connectivity index (χ4v) is 1.72. The molecule has 2 nitrogen and oxygen atoms in total. The lowest BCUT2D eigenvalue weighted by Crippen LogP contribution is -2.25. The molecule has 0 spiro atoms. The van der Waals surface area contributed by atoms with Crippen molar-refractivity contribution >= 4 is 5.78 Å².